The number of nitrogens with one attached hydrogen (secondary N) is 1. The molecule has 1 aliphatic carbocycles. The molecule has 0 spiro atoms. The lowest BCUT2D eigenvalue weighted by molar-refractivity contribution is 0.402. The average molecular weight is 266 g/mol. The molecule has 0 bridgehead atoms. The van der Waals surface area contributed by atoms with Crippen LogP contribution < -0.4 is 5.32 Å². The second-order valence-electron chi connectivity index (χ2n) is 5.51. The standard InChI is InChI=1S/C15H26N2S/c1-2-9-16-14(12-15-17-10-11-18-15)8-7-13-5-3-4-6-13/h10-11,13-14,16H,2-9,12H2,1H3. The van der Waals surface area contributed by atoms with Crippen LogP contribution >= 0.6 is 11.3 Å². The summed E-state index contributed by atoms with van der Waals surface area (Å²) in [5.74, 6) is 1.01. The topological polar surface area (TPSA) is 24.9 Å². The monoisotopic (exact) mass is 266 g/mol. The third-order valence-corrected chi connectivity index (χ3v) is 4.79. The van der Waals surface area contributed by atoms with Crippen LogP contribution in [0, 0.1) is 5.92 Å². The first kappa shape index (κ1) is 14.0. The van der Waals surface area contributed by atoms with E-state index in [-0.39, 0.29) is 0 Å². The van der Waals surface area contributed by atoms with Crippen molar-refractivity contribution in [3.8, 4) is 0 Å². The summed E-state index contributed by atoms with van der Waals surface area (Å²) >= 11 is 1.79. The molecule has 102 valence electrons. The van der Waals surface area contributed by atoms with E-state index in [0.29, 0.717) is 6.04 Å². The molecule has 1 heterocycles. The van der Waals surface area contributed by atoms with Crippen LogP contribution in [0.2, 0.25) is 0 Å². The smallest absolute Gasteiger partial charge is 0.0940 e. The van der Waals surface area contributed by atoms with E-state index in [4.69, 9.17) is 0 Å². The van der Waals surface area contributed by atoms with Gasteiger partial charge in [-0.3, -0.25) is 0 Å². The van der Waals surface area contributed by atoms with Crippen LogP contribution in [0.15, 0.2) is 11.6 Å². The van der Waals surface area contributed by atoms with Crippen molar-refractivity contribution in [3.63, 3.8) is 0 Å². The molecule has 3 heteroatoms. The number of aromatic nitrogens is 1. The average Bonchev–Trinajstić information content (AvgIpc) is 3.05. The Bertz CT molecular complexity index is 304. The van der Waals surface area contributed by atoms with Crippen molar-refractivity contribution in [2.24, 2.45) is 5.92 Å². The molecule has 0 aliphatic heterocycles. The van der Waals surface area contributed by atoms with Gasteiger partial charge in [0.25, 0.3) is 0 Å². The molecule has 18 heavy (non-hydrogen) atoms. The second kappa shape index (κ2) is 7.90. The van der Waals surface area contributed by atoms with Crippen molar-refractivity contribution in [2.75, 3.05) is 6.54 Å². The van der Waals surface area contributed by atoms with Crippen molar-refractivity contribution >= 4 is 11.3 Å². The summed E-state index contributed by atoms with van der Waals surface area (Å²) in [5.41, 5.74) is 0. The van der Waals surface area contributed by atoms with Gasteiger partial charge in [0.2, 0.25) is 0 Å². The van der Waals surface area contributed by atoms with Crippen LogP contribution in [-0.2, 0) is 6.42 Å². The highest BCUT2D eigenvalue weighted by Crippen LogP contribution is 2.29. The first-order valence-corrected chi connectivity index (χ1v) is 8.38. The van der Waals surface area contributed by atoms with Gasteiger partial charge in [-0.1, -0.05) is 32.6 Å². The molecular formula is C15H26N2S. The van der Waals surface area contributed by atoms with Gasteiger partial charge in [-0.15, -0.1) is 11.3 Å². The van der Waals surface area contributed by atoms with E-state index in [1.165, 1.54) is 50.0 Å². The quantitative estimate of drug-likeness (QED) is 0.768. The molecule has 1 aromatic heterocycles. The van der Waals surface area contributed by atoms with Gasteiger partial charge >= 0.3 is 0 Å². The number of thiazole rings is 1. The maximum absolute atomic E-state index is 4.42. The van der Waals surface area contributed by atoms with Gasteiger partial charge < -0.3 is 5.32 Å². The van der Waals surface area contributed by atoms with Gasteiger partial charge in [-0.25, -0.2) is 4.98 Å². The van der Waals surface area contributed by atoms with Crippen LogP contribution in [0.4, 0.5) is 0 Å². The zero-order chi connectivity index (χ0) is 12.6. The minimum atomic E-state index is 0.636. The highest BCUT2D eigenvalue weighted by molar-refractivity contribution is 7.09. The Labute approximate surface area is 115 Å². The molecule has 1 atom stereocenters. The lowest BCUT2D eigenvalue weighted by Gasteiger charge is -2.19. The SMILES string of the molecule is CCCNC(CCC1CCCC1)Cc1nccs1. The lowest BCUT2D eigenvalue weighted by Crippen LogP contribution is -2.32. The van der Waals surface area contributed by atoms with E-state index < -0.39 is 0 Å². The minimum absolute atomic E-state index is 0.636. The molecule has 1 N–H and O–H groups in total. The molecule has 0 aromatic carbocycles. The Hall–Kier alpha value is -0.410. The van der Waals surface area contributed by atoms with E-state index >= 15 is 0 Å². The van der Waals surface area contributed by atoms with Crippen LogP contribution in [0.5, 0.6) is 0 Å². The maximum Gasteiger partial charge on any atom is 0.0940 e. The molecule has 0 saturated heterocycles. The van der Waals surface area contributed by atoms with E-state index in [1.54, 1.807) is 11.3 Å². The summed E-state index contributed by atoms with van der Waals surface area (Å²) in [7, 11) is 0. The fraction of sp³-hybridized carbons (Fsp3) is 0.800. The van der Waals surface area contributed by atoms with E-state index in [2.05, 4.69) is 22.6 Å². The fourth-order valence-corrected chi connectivity index (χ4v) is 3.62. The van der Waals surface area contributed by atoms with Gasteiger partial charge in [-0.05, 0) is 31.7 Å². The lowest BCUT2D eigenvalue weighted by atomic mass is 9.97. The van der Waals surface area contributed by atoms with Crippen LogP contribution in [0.1, 0.15) is 56.9 Å². The Morgan fingerprint density at radius 1 is 1.44 bits per heavy atom. The molecular weight excluding hydrogens is 240 g/mol. The van der Waals surface area contributed by atoms with Gasteiger partial charge in [0, 0.05) is 24.0 Å². The number of hydrogen-bond acceptors (Lipinski definition) is 3. The van der Waals surface area contributed by atoms with Gasteiger partial charge in [0.05, 0.1) is 5.01 Å². The van der Waals surface area contributed by atoms with Crippen LogP contribution in [-0.4, -0.2) is 17.6 Å². The maximum atomic E-state index is 4.42. The van der Waals surface area contributed by atoms with Crippen molar-refractivity contribution in [1.82, 2.24) is 10.3 Å². The Morgan fingerprint density at radius 3 is 2.94 bits per heavy atom. The molecule has 1 fully saturated rings. The summed E-state index contributed by atoms with van der Waals surface area (Å²) < 4.78 is 0. The largest absolute Gasteiger partial charge is 0.314 e. The number of nitrogens with zero attached hydrogens (tertiary/aromatic N) is 1. The van der Waals surface area contributed by atoms with Crippen molar-refractivity contribution in [1.29, 1.82) is 0 Å². The van der Waals surface area contributed by atoms with Gasteiger partial charge in [-0.2, -0.15) is 0 Å². The van der Waals surface area contributed by atoms with Crippen molar-refractivity contribution in [2.45, 2.75) is 64.3 Å². The Morgan fingerprint density at radius 2 is 2.28 bits per heavy atom. The number of hydrogen-bond donors (Lipinski definition) is 1. The summed E-state index contributed by atoms with van der Waals surface area (Å²) in [4.78, 5) is 4.42. The zero-order valence-electron chi connectivity index (χ0n) is 11.5. The highest BCUT2D eigenvalue weighted by Gasteiger charge is 2.17. The molecule has 2 rings (SSSR count). The van der Waals surface area contributed by atoms with Crippen LogP contribution in [0.3, 0.4) is 0 Å². The zero-order valence-corrected chi connectivity index (χ0v) is 12.3. The first-order valence-electron chi connectivity index (χ1n) is 7.50. The number of rotatable bonds is 8. The van der Waals surface area contributed by atoms with Gasteiger partial charge in [0.15, 0.2) is 0 Å². The summed E-state index contributed by atoms with van der Waals surface area (Å²) in [6.07, 6.45) is 12.9. The fourth-order valence-electron chi connectivity index (χ4n) is 2.93. The highest BCUT2D eigenvalue weighted by atomic mass is 32.1. The summed E-state index contributed by atoms with van der Waals surface area (Å²) in [6, 6.07) is 0.636. The van der Waals surface area contributed by atoms with Gasteiger partial charge in [0.1, 0.15) is 0 Å². The predicted octanol–water partition coefficient (Wildman–Crippen LogP) is 4.02. The molecule has 0 amide bonds. The minimum Gasteiger partial charge on any atom is -0.314 e. The molecule has 2 nitrogen and oxygen atoms in total. The normalized spacial score (nSPS) is 18.3. The summed E-state index contributed by atoms with van der Waals surface area (Å²) in [5, 5.41) is 7.07. The Balaban J connectivity index is 1.76. The van der Waals surface area contributed by atoms with E-state index in [9.17, 15) is 0 Å². The predicted molar refractivity (Wildman–Crippen MR) is 79.1 cm³/mol. The van der Waals surface area contributed by atoms with Crippen LogP contribution in [0.25, 0.3) is 0 Å². The first-order chi connectivity index (χ1) is 8.88. The molecule has 1 aliphatic rings. The molecule has 0 radical (unpaired) electrons. The summed E-state index contributed by atoms with van der Waals surface area (Å²) in [6.45, 7) is 3.38. The third-order valence-electron chi connectivity index (χ3n) is 3.99. The molecule has 1 aromatic rings. The molecule has 1 unspecified atom stereocenters. The van der Waals surface area contributed by atoms with E-state index in [0.717, 1.165) is 18.9 Å². The third kappa shape index (κ3) is 4.69. The van der Waals surface area contributed by atoms with Crippen molar-refractivity contribution in [3.05, 3.63) is 16.6 Å². The Kier molecular flexibility index (Phi) is 6.15. The van der Waals surface area contributed by atoms with Crippen molar-refractivity contribution < 1.29 is 0 Å². The second-order valence-corrected chi connectivity index (χ2v) is 6.49. The van der Waals surface area contributed by atoms with E-state index in [1.807, 2.05) is 6.20 Å². The molecule has 1 saturated carbocycles.